The smallest absolute Gasteiger partial charge is 0.347 e. The number of carboxylic acids is 1. The Morgan fingerprint density at radius 1 is 1.80 bits per heavy atom. The Morgan fingerprint density at radius 2 is 2.47 bits per heavy atom. The molecule has 80 valence electrons. The number of rotatable bonds is 4. The zero-order chi connectivity index (χ0) is 11.5. The van der Waals surface area contributed by atoms with E-state index in [2.05, 4.69) is 16.2 Å². The summed E-state index contributed by atoms with van der Waals surface area (Å²) in [5, 5.41) is 12.4. The summed E-state index contributed by atoms with van der Waals surface area (Å²) in [5.41, 5.74) is -0.275. The molecule has 1 aromatic rings. The molecule has 2 N–H and O–H groups in total. The van der Waals surface area contributed by atoms with Gasteiger partial charge in [0.05, 0.1) is 6.20 Å². The van der Waals surface area contributed by atoms with Crippen molar-refractivity contribution in [3.63, 3.8) is 0 Å². The number of terminal acetylenes is 1. The van der Waals surface area contributed by atoms with E-state index in [4.69, 9.17) is 11.5 Å². The highest BCUT2D eigenvalue weighted by Crippen LogP contribution is 2.23. The SMILES string of the molecule is C#CCC(C)(C)Nc1ncc(C(=O)O)s1. The highest BCUT2D eigenvalue weighted by Gasteiger charge is 2.18. The lowest BCUT2D eigenvalue weighted by Gasteiger charge is -2.22. The van der Waals surface area contributed by atoms with E-state index >= 15 is 0 Å². The predicted molar refractivity (Wildman–Crippen MR) is 60.2 cm³/mol. The molecule has 15 heavy (non-hydrogen) atoms. The first-order valence-electron chi connectivity index (χ1n) is 4.35. The lowest BCUT2D eigenvalue weighted by molar-refractivity contribution is 0.0702. The maximum Gasteiger partial charge on any atom is 0.347 e. The first-order valence-corrected chi connectivity index (χ1v) is 5.17. The molecule has 0 aliphatic rings. The number of aromatic nitrogens is 1. The van der Waals surface area contributed by atoms with E-state index < -0.39 is 5.97 Å². The summed E-state index contributed by atoms with van der Waals surface area (Å²) >= 11 is 1.10. The second-order valence-electron chi connectivity index (χ2n) is 3.72. The van der Waals surface area contributed by atoms with Gasteiger partial charge in [-0.05, 0) is 13.8 Å². The average molecular weight is 224 g/mol. The molecular weight excluding hydrogens is 212 g/mol. The van der Waals surface area contributed by atoms with Gasteiger partial charge in [0, 0.05) is 12.0 Å². The summed E-state index contributed by atoms with van der Waals surface area (Å²) in [6.07, 6.45) is 7.11. The molecule has 1 rings (SSSR count). The number of hydrogen-bond acceptors (Lipinski definition) is 4. The monoisotopic (exact) mass is 224 g/mol. The topological polar surface area (TPSA) is 62.2 Å². The molecular formula is C10H12N2O2S. The number of aromatic carboxylic acids is 1. The molecule has 0 amide bonds. The van der Waals surface area contributed by atoms with Crippen LogP contribution >= 0.6 is 11.3 Å². The summed E-state index contributed by atoms with van der Waals surface area (Å²) in [7, 11) is 0. The maximum absolute atomic E-state index is 10.6. The van der Waals surface area contributed by atoms with Crippen LogP contribution in [-0.4, -0.2) is 21.6 Å². The Bertz CT molecular complexity index is 404. The fourth-order valence-corrected chi connectivity index (χ4v) is 1.85. The van der Waals surface area contributed by atoms with Crippen molar-refractivity contribution in [3.05, 3.63) is 11.1 Å². The standard InChI is InChI=1S/C10H12N2O2S/c1-4-5-10(2,3)12-9-11-6-7(15-9)8(13)14/h1,6H,5H2,2-3H3,(H,11,12)(H,13,14). The average Bonchev–Trinajstić information content (AvgIpc) is 2.51. The van der Waals surface area contributed by atoms with Crippen LogP contribution in [0.4, 0.5) is 5.13 Å². The number of anilines is 1. The van der Waals surface area contributed by atoms with Crippen LogP contribution in [0, 0.1) is 12.3 Å². The normalized spacial score (nSPS) is 10.7. The van der Waals surface area contributed by atoms with Crippen LogP contribution in [0.3, 0.4) is 0 Å². The van der Waals surface area contributed by atoms with Gasteiger partial charge in [0.25, 0.3) is 0 Å². The molecule has 0 aliphatic carbocycles. The molecule has 4 nitrogen and oxygen atoms in total. The van der Waals surface area contributed by atoms with Gasteiger partial charge < -0.3 is 10.4 Å². The quantitative estimate of drug-likeness (QED) is 0.768. The minimum Gasteiger partial charge on any atom is -0.477 e. The summed E-state index contributed by atoms with van der Waals surface area (Å²) in [6.45, 7) is 3.88. The molecule has 0 aromatic carbocycles. The van der Waals surface area contributed by atoms with Crippen molar-refractivity contribution < 1.29 is 9.90 Å². The van der Waals surface area contributed by atoms with Crippen LogP contribution in [0.5, 0.6) is 0 Å². The van der Waals surface area contributed by atoms with Gasteiger partial charge in [0.2, 0.25) is 0 Å². The Hall–Kier alpha value is -1.54. The summed E-state index contributed by atoms with van der Waals surface area (Å²) in [4.78, 5) is 14.8. The van der Waals surface area contributed by atoms with Crippen molar-refractivity contribution in [2.24, 2.45) is 0 Å². The second-order valence-corrected chi connectivity index (χ2v) is 4.76. The molecule has 0 unspecified atom stereocenters. The van der Waals surface area contributed by atoms with Crippen LogP contribution in [0.25, 0.3) is 0 Å². The Morgan fingerprint density at radius 3 is 2.93 bits per heavy atom. The molecule has 0 saturated heterocycles. The number of hydrogen-bond donors (Lipinski definition) is 2. The first-order chi connectivity index (χ1) is 6.94. The third-order valence-corrected chi connectivity index (χ3v) is 2.61. The fourth-order valence-electron chi connectivity index (χ4n) is 1.02. The number of nitrogens with zero attached hydrogens (tertiary/aromatic N) is 1. The summed E-state index contributed by atoms with van der Waals surface area (Å²) in [6, 6.07) is 0. The molecule has 0 spiro atoms. The van der Waals surface area contributed by atoms with Gasteiger partial charge in [-0.2, -0.15) is 0 Å². The van der Waals surface area contributed by atoms with E-state index in [-0.39, 0.29) is 10.4 Å². The highest BCUT2D eigenvalue weighted by molar-refractivity contribution is 7.17. The minimum absolute atomic E-state index is 0.217. The molecule has 1 aromatic heterocycles. The van der Waals surface area contributed by atoms with E-state index in [1.807, 2.05) is 13.8 Å². The molecule has 0 bridgehead atoms. The van der Waals surface area contributed by atoms with Crippen molar-refractivity contribution in [2.75, 3.05) is 5.32 Å². The van der Waals surface area contributed by atoms with Crippen LogP contribution in [-0.2, 0) is 0 Å². The van der Waals surface area contributed by atoms with Crippen LogP contribution in [0.2, 0.25) is 0 Å². The van der Waals surface area contributed by atoms with Gasteiger partial charge in [-0.3, -0.25) is 0 Å². The van der Waals surface area contributed by atoms with E-state index in [9.17, 15) is 4.79 Å². The van der Waals surface area contributed by atoms with Crippen molar-refractivity contribution in [1.82, 2.24) is 4.98 Å². The van der Waals surface area contributed by atoms with Crippen molar-refractivity contribution >= 4 is 22.4 Å². The number of nitrogens with one attached hydrogen (secondary N) is 1. The van der Waals surface area contributed by atoms with Gasteiger partial charge in [-0.15, -0.1) is 12.3 Å². The third-order valence-electron chi connectivity index (χ3n) is 1.71. The molecule has 0 saturated carbocycles. The molecule has 1 heterocycles. The zero-order valence-corrected chi connectivity index (χ0v) is 9.39. The third kappa shape index (κ3) is 3.26. The van der Waals surface area contributed by atoms with Gasteiger partial charge in [0.1, 0.15) is 4.88 Å². The lowest BCUT2D eigenvalue weighted by Crippen LogP contribution is -2.29. The highest BCUT2D eigenvalue weighted by atomic mass is 32.1. The number of carboxylic acid groups (broad SMARTS) is 1. The molecule has 0 aliphatic heterocycles. The number of thiazole rings is 1. The largest absolute Gasteiger partial charge is 0.477 e. The Kier molecular flexibility index (Phi) is 3.32. The summed E-state index contributed by atoms with van der Waals surface area (Å²) in [5.74, 6) is 1.59. The van der Waals surface area contributed by atoms with Gasteiger partial charge in [0.15, 0.2) is 5.13 Å². The number of carbonyl (C=O) groups is 1. The molecule has 5 heteroatoms. The maximum atomic E-state index is 10.6. The first kappa shape index (κ1) is 11.5. The predicted octanol–water partition coefficient (Wildman–Crippen LogP) is 2.06. The molecule has 0 radical (unpaired) electrons. The van der Waals surface area contributed by atoms with Gasteiger partial charge >= 0.3 is 5.97 Å². The summed E-state index contributed by atoms with van der Waals surface area (Å²) < 4.78 is 0. The van der Waals surface area contributed by atoms with Crippen molar-refractivity contribution in [1.29, 1.82) is 0 Å². The van der Waals surface area contributed by atoms with Crippen molar-refractivity contribution in [3.8, 4) is 12.3 Å². The van der Waals surface area contributed by atoms with E-state index in [0.717, 1.165) is 11.3 Å². The second kappa shape index (κ2) is 4.32. The Balaban J connectivity index is 2.73. The van der Waals surface area contributed by atoms with Crippen molar-refractivity contribution in [2.45, 2.75) is 25.8 Å². The van der Waals surface area contributed by atoms with Crippen LogP contribution < -0.4 is 5.32 Å². The van der Waals surface area contributed by atoms with Gasteiger partial charge in [-0.1, -0.05) is 11.3 Å². The van der Waals surface area contributed by atoms with E-state index in [1.54, 1.807) is 0 Å². The van der Waals surface area contributed by atoms with Crippen LogP contribution in [0.1, 0.15) is 29.9 Å². The van der Waals surface area contributed by atoms with Gasteiger partial charge in [-0.25, -0.2) is 9.78 Å². The zero-order valence-electron chi connectivity index (χ0n) is 8.57. The molecule has 0 fully saturated rings. The van der Waals surface area contributed by atoms with E-state index in [1.165, 1.54) is 6.20 Å². The fraction of sp³-hybridized carbons (Fsp3) is 0.400. The minimum atomic E-state index is -0.963. The lowest BCUT2D eigenvalue weighted by atomic mass is 10.0. The van der Waals surface area contributed by atoms with Crippen LogP contribution in [0.15, 0.2) is 6.20 Å². The van der Waals surface area contributed by atoms with E-state index in [0.29, 0.717) is 11.6 Å². The molecule has 0 atom stereocenters. The Labute approximate surface area is 92.4 Å².